The number of carbonyl (C=O) groups excluding carboxylic acids is 1. The van der Waals surface area contributed by atoms with Crippen molar-refractivity contribution in [2.45, 2.75) is 25.3 Å². The van der Waals surface area contributed by atoms with Crippen LogP contribution in [-0.2, 0) is 9.53 Å². The maximum absolute atomic E-state index is 11.6. The predicted molar refractivity (Wildman–Crippen MR) is 115 cm³/mol. The number of ether oxygens (including phenoxy) is 1. The van der Waals surface area contributed by atoms with Crippen molar-refractivity contribution in [1.82, 2.24) is 24.6 Å². The number of hydrogen-bond donors (Lipinski definition) is 0. The summed E-state index contributed by atoms with van der Waals surface area (Å²) in [5, 5.41) is 4.48. The molecule has 1 aromatic carbocycles. The largest absolute Gasteiger partial charge is 0.469 e. The van der Waals surface area contributed by atoms with Crippen molar-refractivity contribution >= 4 is 22.6 Å². The molecule has 3 aromatic rings. The van der Waals surface area contributed by atoms with Crippen molar-refractivity contribution in [2.75, 3.05) is 27.2 Å². The maximum atomic E-state index is 11.6. The SMILES string of the molecule is COC(=O)C1CC(n2cc(-c3cnc4cc(C5=CCN(C)CC5)ccc4n3)cn2)C1. The Balaban J connectivity index is 1.34. The van der Waals surface area contributed by atoms with E-state index in [2.05, 4.69) is 46.3 Å². The molecule has 0 radical (unpaired) electrons. The van der Waals surface area contributed by atoms with Gasteiger partial charge in [0.15, 0.2) is 0 Å². The molecule has 7 nitrogen and oxygen atoms in total. The molecule has 1 fully saturated rings. The highest BCUT2D eigenvalue weighted by Crippen LogP contribution is 2.38. The molecule has 1 aliphatic carbocycles. The van der Waals surface area contributed by atoms with Gasteiger partial charge in [0.1, 0.15) is 0 Å². The number of benzene rings is 1. The second-order valence-corrected chi connectivity index (χ2v) is 8.25. The minimum absolute atomic E-state index is 0.0121. The van der Waals surface area contributed by atoms with Gasteiger partial charge >= 0.3 is 5.97 Å². The van der Waals surface area contributed by atoms with Gasteiger partial charge in [0.25, 0.3) is 0 Å². The highest BCUT2D eigenvalue weighted by Gasteiger charge is 2.36. The number of carbonyl (C=O) groups is 1. The third-order valence-corrected chi connectivity index (χ3v) is 6.24. The first-order valence-electron chi connectivity index (χ1n) is 10.4. The van der Waals surface area contributed by atoms with E-state index in [-0.39, 0.29) is 17.9 Å². The number of fused-ring (bicyclic) bond motifs is 1. The Bertz CT molecular complexity index is 1130. The summed E-state index contributed by atoms with van der Waals surface area (Å²) < 4.78 is 6.74. The third-order valence-electron chi connectivity index (χ3n) is 6.24. The van der Waals surface area contributed by atoms with E-state index >= 15 is 0 Å². The fraction of sp³-hybridized carbons (Fsp3) is 0.391. The average Bonchev–Trinajstić information content (AvgIpc) is 3.22. The lowest BCUT2D eigenvalue weighted by Gasteiger charge is -2.33. The predicted octanol–water partition coefficient (Wildman–Crippen LogP) is 3.34. The molecule has 0 spiro atoms. The molecule has 0 unspecified atom stereocenters. The molecule has 0 saturated heterocycles. The molecular weight excluding hydrogens is 378 g/mol. The highest BCUT2D eigenvalue weighted by molar-refractivity contribution is 5.82. The number of aromatic nitrogens is 4. The molecule has 0 bridgehead atoms. The van der Waals surface area contributed by atoms with Crippen LogP contribution in [0.4, 0.5) is 0 Å². The van der Waals surface area contributed by atoms with Crippen LogP contribution in [0.3, 0.4) is 0 Å². The first kappa shape index (κ1) is 18.9. The molecule has 154 valence electrons. The zero-order chi connectivity index (χ0) is 20.7. The second-order valence-electron chi connectivity index (χ2n) is 8.25. The molecule has 2 aromatic heterocycles. The minimum Gasteiger partial charge on any atom is -0.469 e. The topological polar surface area (TPSA) is 73.1 Å². The van der Waals surface area contributed by atoms with Gasteiger partial charge < -0.3 is 9.64 Å². The molecule has 0 atom stereocenters. The van der Waals surface area contributed by atoms with Crippen molar-refractivity contribution in [1.29, 1.82) is 0 Å². The van der Waals surface area contributed by atoms with E-state index in [1.54, 1.807) is 0 Å². The Morgan fingerprint density at radius 2 is 2.03 bits per heavy atom. The zero-order valence-corrected chi connectivity index (χ0v) is 17.3. The van der Waals surface area contributed by atoms with Crippen LogP contribution < -0.4 is 0 Å². The van der Waals surface area contributed by atoms with E-state index in [0.717, 1.165) is 54.6 Å². The fourth-order valence-corrected chi connectivity index (χ4v) is 4.22. The third kappa shape index (κ3) is 3.50. The van der Waals surface area contributed by atoms with Gasteiger partial charge in [-0.2, -0.15) is 5.10 Å². The van der Waals surface area contributed by atoms with Gasteiger partial charge in [0.05, 0.1) is 48.2 Å². The lowest BCUT2D eigenvalue weighted by atomic mass is 9.80. The molecule has 3 heterocycles. The van der Waals surface area contributed by atoms with Gasteiger partial charge in [-0.3, -0.25) is 14.5 Å². The second kappa shape index (κ2) is 7.65. The Kier molecular flexibility index (Phi) is 4.83. The van der Waals surface area contributed by atoms with Crippen LogP contribution in [-0.4, -0.2) is 57.9 Å². The van der Waals surface area contributed by atoms with Crippen LogP contribution >= 0.6 is 0 Å². The molecule has 1 aliphatic heterocycles. The number of likely N-dealkylation sites (N-methyl/N-ethyl adjacent to an activating group) is 1. The van der Waals surface area contributed by atoms with Crippen molar-refractivity contribution in [3.8, 4) is 11.3 Å². The summed E-state index contributed by atoms with van der Waals surface area (Å²) in [4.78, 5) is 23.4. The van der Waals surface area contributed by atoms with Crippen molar-refractivity contribution in [3.63, 3.8) is 0 Å². The van der Waals surface area contributed by atoms with E-state index in [1.807, 2.05) is 23.3 Å². The van der Waals surface area contributed by atoms with Crippen LogP contribution in [0.5, 0.6) is 0 Å². The number of methoxy groups -OCH3 is 1. The maximum Gasteiger partial charge on any atom is 0.308 e. The van der Waals surface area contributed by atoms with Crippen molar-refractivity contribution in [2.24, 2.45) is 5.92 Å². The lowest BCUT2D eigenvalue weighted by molar-refractivity contribution is -0.149. The molecule has 7 heteroatoms. The van der Waals surface area contributed by atoms with Crippen LogP contribution in [0.25, 0.3) is 27.9 Å². The zero-order valence-electron chi connectivity index (χ0n) is 17.3. The first-order chi connectivity index (χ1) is 14.6. The Morgan fingerprint density at radius 1 is 1.17 bits per heavy atom. The van der Waals surface area contributed by atoms with Crippen molar-refractivity contribution in [3.05, 3.63) is 48.4 Å². The molecule has 5 rings (SSSR count). The van der Waals surface area contributed by atoms with Crippen LogP contribution in [0.2, 0.25) is 0 Å². The summed E-state index contributed by atoms with van der Waals surface area (Å²) in [6, 6.07) is 6.57. The van der Waals surface area contributed by atoms with Crippen LogP contribution in [0.1, 0.15) is 30.9 Å². The van der Waals surface area contributed by atoms with E-state index in [0.29, 0.717) is 0 Å². The van der Waals surface area contributed by atoms with E-state index in [9.17, 15) is 4.79 Å². The Morgan fingerprint density at radius 3 is 2.80 bits per heavy atom. The van der Waals surface area contributed by atoms with E-state index < -0.39 is 0 Å². The Hall–Kier alpha value is -3.06. The molecule has 1 saturated carbocycles. The normalized spacial score (nSPS) is 21.9. The summed E-state index contributed by atoms with van der Waals surface area (Å²) in [6.07, 6.45) is 10.5. The minimum atomic E-state index is -0.130. The van der Waals surface area contributed by atoms with Crippen LogP contribution in [0.15, 0.2) is 42.9 Å². The van der Waals surface area contributed by atoms with E-state index in [4.69, 9.17) is 9.72 Å². The summed E-state index contributed by atoms with van der Waals surface area (Å²) in [5.41, 5.74) is 6.15. The number of hydrogen-bond acceptors (Lipinski definition) is 6. The smallest absolute Gasteiger partial charge is 0.308 e. The summed E-state index contributed by atoms with van der Waals surface area (Å²) in [5.74, 6) is -0.142. The highest BCUT2D eigenvalue weighted by atomic mass is 16.5. The molecule has 0 N–H and O–H groups in total. The van der Waals surface area contributed by atoms with Gasteiger partial charge in [0, 0.05) is 24.8 Å². The average molecular weight is 403 g/mol. The van der Waals surface area contributed by atoms with Gasteiger partial charge in [0.2, 0.25) is 0 Å². The molecule has 2 aliphatic rings. The van der Waals surface area contributed by atoms with Gasteiger partial charge in [-0.15, -0.1) is 0 Å². The van der Waals surface area contributed by atoms with Crippen LogP contribution in [0, 0.1) is 5.92 Å². The molecular formula is C23H25N5O2. The number of esters is 1. The van der Waals surface area contributed by atoms with E-state index in [1.165, 1.54) is 18.2 Å². The Labute approximate surface area is 175 Å². The van der Waals surface area contributed by atoms with Gasteiger partial charge in [-0.25, -0.2) is 4.98 Å². The molecule has 0 amide bonds. The number of nitrogens with zero attached hydrogens (tertiary/aromatic N) is 5. The first-order valence-corrected chi connectivity index (χ1v) is 10.4. The quantitative estimate of drug-likeness (QED) is 0.622. The summed E-state index contributed by atoms with van der Waals surface area (Å²) in [6.45, 7) is 2.07. The fourth-order valence-electron chi connectivity index (χ4n) is 4.22. The van der Waals surface area contributed by atoms with Crippen molar-refractivity contribution < 1.29 is 9.53 Å². The van der Waals surface area contributed by atoms with Gasteiger partial charge in [-0.1, -0.05) is 12.1 Å². The monoisotopic (exact) mass is 403 g/mol. The van der Waals surface area contributed by atoms with Gasteiger partial charge in [-0.05, 0) is 49.6 Å². The number of rotatable bonds is 4. The standard InChI is InChI=1S/C23H25N5O2/c1-27-7-5-15(6-8-27)16-3-4-20-21(11-16)24-13-22(26-20)18-12-25-28(14-18)19-9-17(10-19)23(29)30-2/h3-5,11-14,17,19H,6-10H2,1-2H3. The lowest BCUT2D eigenvalue weighted by Crippen LogP contribution is -2.33. The summed E-state index contributed by atoms with van der Waals surface area (Å²) in [7, 11) is 3.58. The molecule has 30 heavy (non-hydrogen) atoms. The summed E-state index contributed by atoms with van der Waals surface area (Å²) >= 11 is 0.